The summed E-state index contributed by atoms with van der Waals surface area (Å²) in [4.78, 5) is 41.3. The highest BCUT2D eigenvalue weighted by Crippen LogP contribution is 2.14. The Kier molecular flexibility index (Phi) is 6.81. The number of hydrogen-bond acceptors (Lipinski definition) is 6. The van der Waals surface area contributed by atoms with Crippen molar-refractivity contribution >= 4 is 29.5 Å². The van der Waals surface area contributed by atoms with E-state index in [9.17, 15) is 9.59 Å². The van der Waals surface area contributed by atoms with Gasteiger partial charge in [0.15, 0.2) is 0 Å². The Morgan fingerprint density at radius 1 is 0.938 bits per heavy atom. The highest BCUT2D eigenvalue weighted by Gasteiger charge is 2.22. The van der Waals surface area contributed by atoms with E-state index in [1.807, 2.05) is 41.3 Å². The third kappa shape index (κ3) is 5.75. The van der Waals surface area contributed by atoms with Crippen LogP contribution in [0.5, 0.6) is 0 Å². The number of benzene rings is 1. The number of hydrogen-bond donors (Lipinski definition) is 1. The average molecular weight is 428 g/mol. The summed E-state index contributed by atoms with van der Waals surface area (Å²) < 4.78 is 0. The summed E-state index contributed by atoms with van der Waals surface area (Å²) in [5, 5.41) is 2.82. The van der Waals surface area contributed by atoms with Crippen molar-refractivity contribution in [2.75, 3.05) is 36.4 Å². The first-order chi connectivity index (χ1) is 15.7. The van der Waals surface area contributed by atoms with Crippen LogP contribution in [0.1, 0.15) is 11.1 Å². The molecular weight excluding hydrogens is 404 g/mol. The predicted molar refractivity (Wildman–Crippen MR) is 123 cm³/mol. The molecule has 3 heterocycles. The molecule has 0 unspecified atom stereocenters. The van der Waals surface area contributed by atoms with Crippen molar-refractivity contribution in [1.29, 1.82) is 0 Å². The van der Waals surface area contributed by atoms with Crippen molar-refractivity contribution in [3.8, 4) is 0 Å². The van der Waals surface area contributed by atoms with Gasteiger partial charge in [0.05, 0.1) is 6.42 Å². The maximum atomic E-state index is 12.7. The highest BCUT2D eigenvalue weighted by molar-refractivity contribution is 6.01. The number of piperazine rings is 1. The monoisotopic (exact) mass is 428 g/mol. The quantitative estimate of drug-likeness (QED) is 0.607. The van der Waals surface area contributed by atoms with Crippen LogP contribution in [0.25, 0.3) is 6.08 Å². The Bertz CT molecular complexity index is 1060. The smallest absolute Gasteiger partial charge is 0.248 e. The van der Waals surface area contributed by atoms with Crippen LogP contribution in [0, 0.1) is 0 Å². The van der Waals surface area contributed by atoms with Crippen LogP contribution >= 0.6 is 0 Å². The number of amides is 2. The number of pyridine rings is 1. The van der Waals surface area contributed by atoms with Crippen LogP contribution in [-0.4, -0.2) is 57.8 Å². The lowest BCUT2D eigenvalue weighted by Gasteiger charge is -2.34. The molecule has 0 spiro atoms. The van der Waals surface area contributed by atoms with Crippen LogP contribution in [-0.2, 0) is 16.0 Å². The molecule has 2 aromatic heterocycles. The normalized spacial score (nSPS) is 13.9. The lowest BCUT2D eigenvalue weighted by Crippen LogP contribution is -2.49. The van der Waals surface area contributed by atoms with E-state index in [0.29, 0.717) is 44.2 Å². The van der Waals surface area contributed by atoms with Gasteiger partial charge >= 0.3 is 0 Å². The molecule has 0 radical (unpaired) electrons. The van der Waals surface area contributed by atoms with Gasteiger partial charge in [-0.3, -0.25) is 14.6 Å². The van der Waals surface area contributed by atoms with E-state index >= 15 is 0 Å². The molecule has 1 saturated heterocycles. The van der Waals surface area contributed by atoms with Gasteiger partial charge in [0.1, 0.15) is 0 Å². The zero-order valence-corrected chi connectivity index (χ0v) is 17.6. The van der Waals surface area contributed by atoms with Crippen LogP contribution in [0.4, 0.5) is 11.6 Å². The van der Waals surface area contributed by atoms with Crippen LogP contribution in [0.15, 0.2) is 73.3 Å². The Labute approximate surface area is 186 Å². The number of anilines is 2. The first-order valence-electron chi connectivity index (χ1n) is 10.5. The second-order valence-electron chi connectivity index (χ2n) is 7.40. The maximum absolute atomic E-state index is 12.7. The van der Waals surface area contributed by atoms with Gasteiger partial charge in [-0.2, -0.15) is 0 Å². The number of rotatable bonds is 6. The minimum atomic E-state index is -0.224. The summed E-state index contributed by atoms with van der Waals surface area (Å²) in [6, 6.07) is 12.8. The number of aromatic nitrogens is 3. The third-order valence-corrected chi connectivity index (χ3v) is 5.16. The lowest BCUT2D eigenvalue weighted by atomic mass is 10.1. The Morgan fingerprint density at radius 3 is 2.38 bits per heavy atom. The molecule has 1 N–H and O–H groups in total. The maximum Gasteiger partial charge on any atom is 0.248 e. The lowest BCUT2D eigenvalue weighted by molar-refractivity contribution is -0.130. The van der Waals surface area contributed by atoms with Crippen molar-refractivity contribution in [3.63, 3.8) is 0 Å². The van der Waals surface area contributed by atoms with Gasteiger partial charge in [0.25, 0.3) is 0 Å². The Balaban J connectivity index is 1.25. The molecule has 0 bridgehead atoms. The number of carbonyl (C=O) groups excluding carboxylic acids is 2. The zero-order valence-electron chi connectivity index (χ0n) is 17.6. The molecule has 8 heteroatoms. The summed E-state index contributed by atoms with van der Waals surface area (Å²) in [5.74, 6) is 0.570. The van der Waals surface area contributed by atoms with Gasteiger partial charge in [0, 0.05) is 62.7 Å². The predicted octanol–water partition coefficient (Wildman–Crippen LogP) is 2.41. The van der Waals surface area contributed by atoms with Crippen molar-refractivity contribution in [2.45, 2.75) is 6.42 Å². The van der Waals surface area contributed by atoms with E-state index in [0.717, 1.165) is 11.1 Å². The van der Waals surface area contributed by atoms with Gasteiger partial charge in [-0.1, -0.05) is 18.2 Å². The van der Waals surface area contributed by atoms with Gasteiger partial charge in [0.2, 0.25) is 17.8 Å². The summed E-state index contributed by atoms with van der Waals surface area (Å²) in [5.41, 5.74) is 2.44. The molecule has 0 atom stereocenters. The molecule has 1 aliphatic heterocycles. The fourth-order valence-corrected chi connectivity index (χ4v) is 3.43. The molecule has 162 valence electrons. The SMILES string of the molecule is O=C(/C=C/c1cccnc1)Nc1ccc(CC(=O)N2CCN(c3ncccn3)CC2)cc1. The highest BCUT2D eigenvalue weighted by atomic mass is 16.2. The summed E-state index contributed by atoms with van der Waals surface area (Å²) in [6.07, 6.45) is 10.3. The Hall–Kier alpha value is -4.07. The molecule has 4 rings (SSSR count). The molecule has 0 saturated carbocycles. The average Bonchev–Trinajstić information content (AvgIpc) is 2.85. The van der Waals surface area contributed by atoms with Crippen molar-refractivity contribution < 1.29 is 9.59 Å². The van der Waals surface area contributed by atoms with Crippen molar-refractivity contribution in [2.24, 2.45) is 0 Å². The second kappa shape index (κ2) is 10.3. The third-order valence-electron chi connectivity index (χ3n) is 5.16. The van der Waals surface area contributed by atoms with E-state index in [1.165, 1.54) is 6.08 Å². The molecule has 32 heavy (non-hydrogen) atoms. The molecule has 8 nitrogen and oxygen atoms in total. The molecule has 2 amide bonds. The molecule has 1 aliphatic rings. The molecule has 0 aliphatic carbocycles. The summed E-state index contributed by atoms with van der Waals surface area (Å²) in [6.45, 7) is 2.73. The van der Waals surface area contributed by atoms with Gasteiger partial charge in [-0.15, -0.1) is 0 Å². The second-order valence-corrected chi connectivity index (χ2v) is 7.40. The zero-order chi connectivity index (χ0) is 22.2. The first-order valence-corrected chi connectivity index (χ1v) is 10.5. The molecule has 1 aromatic carbocycles. The van der Waals surface area contributed by atoms with Crippen LogP contribution < -0.4 is 10.2 Å². The van der Waals surface area contributed by atoms with Gasteiger partial charge < -0.3 is 15.1 Å². The largest absolute Gasteiger partial charge is 0.339 e. The van der Waals surface area contributed by atoms with Gasteiger partial charge in [-0.05, 0) is 41.5 Å². The van der Waals surface area contributed by atoms with E-state index in [4.69, 9.17) is 0 Å². The van der Waals surface area contributed by atoms with E-state index in [-0.39, 0.29) is 11.8 Å². The fourth-order valence-electron chi connectivity index (χ4n) is 3.43. The van der Waals surface area contributed by atoms with Gasteiger partial charge in [-0.25, -0.2) is 9.97 Å². The van der Waals surface area contributed by atoms with Crippen molar-refractivity contribution in [3.05, 3.63) is 84.5 Å². The number of carbonyl (C=O) groups is 2. The topological polar surface area (TPSA) is 91.3 Å². The van der Waals surface area contributed by atoms with Crippen molar-refractivity contribution in [1.82, 2.24) is 19.9 Å². The van der Waals surface area contributed by atoms with Crippen LogP contribution in [0.3, 0.4) is 0 Å². The number of nitrogens with one attached hydrogen (secondary N) is 1. The van der Waals surface area contributed by atoms with E-state index in [2.05, 4.69) is 25.2 Å². The molecular formula is C24H24N6O2. The van der Waals surface area contributed by atoms with E-state index < -0.39 is 0 Å². The first kappa shape index (κ1) is 21.2. The summed E-state index contributed by atoms with van der Waals surface area (Å²) >= 11 is 0. The summed E-state index contributed by atoms with van der Waals surface area (Å²) in [7, 11) is 0. The van der Waals surface area contributed by atoms with Crippen LogP contribution in [0.2, 0.25) is 0 Å². The molecule has 1 fully saturated rings. The molecule has 3 aromatic rings. The number of nitrogens with zero attached hydrogens (tertiary/aromatic N) is 5. The minimum absolute atomic E-state index is 0.0924. The van der Waals surface area contributed by atoms with E-state index in [1.54, 1.807) is 36.9 Å². The Morgan fingerprint density at radius 2 is 1.69 bits per heavy atom. The standard InChI is InChI=1S/C24H24N6O2/c31-22(9-6-20-3-1-10-25-18-20)28-21-7-4-19(5-8-21)17-23(32)29-13-15-30(16-14-29)24-26-11-2-12-27-24/h1-12,18H,13-17H2,(H,28,31)/b9-6+. The minimum Gasteiger partial charge on any atom is -0.339 e. The fraction of sp³-hybridized carbons (Fsp3) is 0.208.